The van der Waals surface area contributed by atoms with E-state index >= 15 is 0 Å². The Bertz CT molecular complexity index is 995. The molecule has 1 aliphatic heterocycles. The Morgan fingerprint density at radius 2 is 1.83 bits per heavy atom. The van der Waals surface area contributed by atoms with Gasteiger partial charge in [0.2, 0.25) is 10.0 Å². The molecule has 1 N–H and O–H groups in total. The maximum atomic E-state index is 12.0. The number of hydrogen-bond acceptors (Lipinski definition) is 7. The second-order valence-corrected chi connectivity index (χ2v) is 8.97. The smallest absolute Gasteiger partial charge is 0.293 e. The molecule has 0 radical (unpaired) electrons. The molecule has 0 spiro atoms. The lowest BCUT2D eigenvalue weighted by molar-refractivity contribution is -0.384. The highest BCUT2D eigenvalue weighted by molar-refractivity contribution is 7.89. The van der Waals surface area contributed by atoms with Gasteiger partial charge in [0.15, 0.2) is 0 Å². The van der Waals surface area contributed by atoms with Crippen LogP contribution < -0.4 is 14.4 Å². The van der Waals surface area contributed by atoms with Gasteiger partial charge in [0.05, 0.1) is 16.9 Å². The molecule has 2 aromatic rings. The van der Waals surface area contributed by atoms with Gasteiger partial charge < -0.3 is 9.64 Å². The molecule has 0 saturated carbocycles. The Labute approximate surface area is 176 Å². The highest BCUT2D eigenvalue weighted by Crippen LogP contribution is 2.31. The van der Waals surface area contributed by atoms with E-state index in [1.807, 2.05) is 29.2 Å². The minimum atomic E-state index is -3.75. The largest absolute Gasteiger partial charge is 0.497 e. The molecule has 1 heterocycles. The summed E-state index contributed by atoms with van der Waals surface area (Å²) in [4.78, 5) is 15.3. The number of nitro groups is 1. The van der Waals surface area contributed by atoms with Gasteiger partial charge in [0.25, 0.3) is 5.69 Å². The maximum absolute atomic E-state index is 12.0. The maximum Gasteiger partial charge on any atom is 0.293 e. The van der Waals surface area contributed by atoms with Crippen LogP contribution in [0.4, 0.5) is 11.4 Å². The zero-order valence-corrected chi connectivity index (χ0v) is 17.9. The highest BCUT2D eigenvalue weighted by atomic mass is 32.2. The van der Waals surface area contributed by atoms with E-state index in [1.54, 1.807) is 7.11 Å². The van der Waals surface area contributed by atoms with E-state index in [0.717, 1.165) is 37.9 Å². The first-order chi connectivity index (χ1) is 14.3. The van der Waals surface area contributed by atoms with Crippen LogP contribution in [0.3, 0.4) is 0 Å². The van der Waals surface area contributed by atoms with Gasteiger partial charge in [-0.25, -0.2) is 13.1 Å². The molecule has 0 aliphatic carbocycles. The minimum Gasteiger partial charge on any atom is -0.497 e. The first kappa shape index (κ1) is 22.0. The summed E-state index contributed by atoms with van der Waals surface area (Å²) in [7, 11) is -0.831. The number of ether oxygens (including phenoxy) is 1. The quantitative estimate of drug-likeness (QED) is 0.526. The van der Waals surface area contributed by atoms with Crippen molar-refractivity contribution in [1.29, 1.82) is 0 Å². The molecule has 3 rings (SSSR count). The number of methoxy groups -OCH3 is 1. The van der Waals surface area contributed by atoms with Crippen molar-refractivity contribution in [3.63, 3.8) is 0 Å². The molecule has 1 fully saturated rings. The van der Waals surface area contributed by atoms with Crippen LogP contribution in [-0.2, 0) is 16.6 Å². The van der Waals surface area contributed by atoms with Crippen LogP contribution in [0.15, 0.2) is 47.4 Å². The highest BCUT2D eigenvalue weighted by Gasteiger charge is 2.25. The van der Waals surface area contributed by atoms with Crippen molar-refractivity contribution in [2.45, 2.75) is 17.9 Å². The molecular formula is C20H26N4O5S. The summed E-state index contributed by atoms with van der Waals surface area (Å²) >= 11 is 0. The molecule has 9 nitrogen and oxygen atoms in total. The molecule has 1 aliphatic rings. The third-order valence-corrected chi connectivity index (χ3v) is 6.63. The standard InChI is InChI=1S/C20H26N4O5S/c1-21-30(27,28)18-8-9-19(20(14-18)24(25)26)23-11-3-10-22(12-13-23)15-16-4-6-17(29-2)7-5-16/h4-9,14,21H,3,10-13,15H2,1-2H3. The average molecular weight is 435 g/mol. The molecular weight excluding hydrogens is 408 g/mol. The predicted molar refractivity (Wildman–Crippen MR) is 114 cm³/mol. The summed E-state index contributed by atoms with van der Waals surface area (Å²) < 4.78 is 31.4. The van der Waals surface area contributed by atoms with E-state index in [9.17, 15) is 18.5 Å². The van der Waals surface area contributed by atoms with Crippen molar-refractivity contribution in [3.05, 3.63) is 58.1 Å². The van der Waals surface area contributed by atoms with Crippen molar-refractivity contribution in [1.82, 2.24) is 9.62 Å². The Hall–Kier alpha value is -2.69. The number of anilines is 1. The van der Waals surface area contributed by atoms with Crippen LogP contribution in [0.2, 0.25) is 0 Å². The fraction of sp³-hybridized carbons (Fsp3) is 0.400. The Balaban J connectivity index is 1.74. The Morgan fingerprint density at radius 1 is 1.10 bits per heavy atom. The van der Waals surface area contributed by atoms with E-state index in [4.69, 9.17) is 4.74 Å². The van der Waals surface area contributed by atoms with E-state index in [1.165, 1.54) is 24.7 Å². The molecule has 0 unspecified atom stereocenters. The molecule has 0 bridgehead atoms. The van der Waals surface area contributed by atoms with Crippen LogP contribution in [0.25, 0.3) is 0 Å². The second kappa shape index (κ2) is 9.41. The minimum absolute atomic E-state index is 0.114. The van der Waals surface area contributed by atoms with Gasteiger partial charge in [-0.15, -0.1) is 0 Å². The molecule has 0 aromatic heterocycles. The zero-order valence-electron chi connectivity index (χ0n) is 17.1. The van der Waals surface area contributed by atoms with Gasteiger partial charge >= 0.3 is 0 Å². The molecule has 2 aromatic carbocycles. The van der Waals surface area contributed by atoms with E-state index < -0.39 is 14.9 Å². The molecule has 0 amide bonds. The van der Waals surface area contributed by atoms with Gasteiger partial charge in [0, 0.05) is 38.8 Å². The topological polar surface area (TPSA) is 105 Å². The SMILES string of the molecule is CNS(=O)(=O)c1ccc(N2CCCN(Cc3ccc(OC)cc3)CC2)c([N+](=O)[O-])c1. The van der Waals surface area contributed by atoms with Crippen LogP contribution in [0, 0.1) is 10.1 Å². The lowest BCUT2D eigenvalue weighted by Gasteiger charge is -2.23. The molecule has 1 saturated heterocycles. The summed E-state index contributed by atoms with van der Waals surface area (Å²) in [6.45, 7) is 3.70. The zero-order chi connectivity index (χ0) is 21.7. The summed E-state index contributed by atoms with van der Waals surface area (Å²) in [5.41, 5.74) is 1.42. The van der Waals surface area contributed by atoms with Crippen molar-refractivity contribution < 1.29 is 18.1 Å². The van der Waals surface area contributed by atoms with Gasteiger partial charge in [-0.05, 0) is 43.3 Å². The second-order valence-electron chi connectivity index (χ2n) is 7.08. The monoisotopic (exact) mass is 434 g/mol. The van der Waals surface area contributed by atoms with Gasteiger partial charge in [-0.2, -0.15) is 0 Å². The average Bonchev–Trinajstić information content (AvgIpc) is 2.99. The van der Waals surface area contributed by atoms with Gasteiger partial charge in [0.1, 0.15) is 11.4 Å². The van der Waals surface area contributed by atoms with Crippen LogP contribution in [0.5, 0.6) is 5.75 Å². The van der Waals surface area contributed by atoms with E-state index in [0.29, 0.717) is 18.8 Å². The van der Waals surface area contributed by atoms with Crippen molar-refractivity contribution in [3.8, 4) is 5.75 Å². The Kier molecular flexibility index (Phi) is 6.91. The third kappa shape index (κ3) is 5.07. The third-order valence-electron chi connectivity index (χ3n) is 5.22. The summed E-state index contributed by atoms with van der Waals surface area (Å²) in [5, 5.41) is 11.6. The first-order valence-electron chi connectivity index (χ1n) is 9.66. The number of hydrogen-bond donors (Lipinski definition) is 1. The fourth-order valence-electron chi connectivity index (χ4n) is 3.56. The van der Waals surface area contributed by atoms with Crippen molar-refractivity contribution >= 4 is 21.4 Å². The normalized spacial score (nSPS) is 15.6. The van der Waals surface area contributed by atoms with E-state index in [2.05, 4.69) is 9.62 Å². The molecule has 30 heavy (non-hydrogen) atoms. The van der Waals surface area contributed by atoms with Crippen LogP contribution in [-0.4, -0.2) is 58.6 Å². The summed E-state index contributed by atoms with van der Waals surface area (Å²) in [5.74, 6) is 0.817. The number of nitrogens with one attached hydrogen (secondary N) is 1. The van der Waals surface area contributed by atoms with Crippen molar-refractivity contribution in [2.24, 2.45) is 0 Å². The van der Waals surface area contributed by atoms with Gasteiger partial charge in [-0.3, -0.25) is 15.0 Å². The number of nitrogens with zero attached hydrogens (tertiary/aromatic N) is 3. The fourth-order valence-corrected chi connectivity index (χ4v) is 4.31. The van der Waals surface area contributed by atoms with Crippen molar-refractivity contribution in [2.75, 3.05) is 45.2 Å². The molecule has 0 atom stereocenters. The predicted octanol–water partition coefficient (Wildman–Crippen LogP) is 2.22. The molecule has 10 heteroatoms. The van der Waals surface area contributed by atoms with E-state index in [-0.39, 0.29) is 10.6 Å². The van der Waals surface area contributed by atoms with Gasteiger partial charge in [-0.1, -0.05) is 12.1 Å². The van der Waals surface area contributed by atoms with Crippen LogP contribution >= 0.6 is 0 Å². The number of rotatable bonds is 7. The Morgan fingerprint density at radius 3 is 2.47 bits per heavy atom. The lowest BCUT2D eigenvalue weighted by atomic mass is 10.2. The first-order valence-corrected chi connectivity index (χ1v) is 11.1. The number of sulfonamides is 1. The summed E-state index contributed by atoms with van der Waals surface area (Å²) in [6.07, 6.45) is 0.851. The number of benzene rings is 2. The van der Waals surface area contributed by atoms with Crippen LogP contribution in [0.1, 0.15) is 12.0 Å². The summed E-state index contributed by atoms with van der Waals surface area (Å²) in [6, 6.07) is 12.0. The number of nitro benzene ring substituents is 1. The lowest BCUT2D eigenvalue weighted by Crippen LogP contribution is -2.31. The molecule has 162 valence electrons.